The average molecular weight is 259 g/mol. The van der Waals surface area contributed by atoms with Gasteiger partial charge in [-0.2, -0.15) is 0 Å². The number of non-ortho nitro benzene ring substituents is 1. The van der Waals surface area contributed by atoms with Gasteiger partial charge in [0.1, 0.15) is 0 Å². The Balaban J connectivity index is 2.12. The molecule has 1 N–H and O–H groups in total. The van der Waals surface area contributed by atoms with Crippen LogP contribution in [-0.4, -0.2) is 22.6 Å². The second-order valence-corrected chi connectivity index (χ2v) is 5.18. The standard InChI is InChI=1S/C14H17N3O2/c1-16-9-13(10-4-6-15-7-5-10)12-8-11(17(18)19)2-3-14(12)16/h2-3,8-10,15H,4-7H2,1H3. The molecule has 0 spiro atoms. The van der Waals surface area contributed by atoms with E-state index in [2.05, 4.69) is 16.1 Å². The van der Waals surface area contributed by atoms with Crippen LogP contribution < -0.4 is 5.32 Å². The molecule has 19 heavy (non-hydrogen) atoms. The summed E-state index contributed by atoms with van der Waals surface area (Å²) in [6.07, 6.45) is 4.33. The molecule has 0 aliphatic carbocycles. The fraction of sp³-hybridized carbons (Fsp3) is 0.429. The molecule has 5 nitrogen and oxygen atoms in total. The average Bonchev–Trinajstić information content (AvgIpc) is 2.77. The number of aromatic nitrogens is 1. The van der Waals surface area contributed by atoms with Crippen molar-refractivity contribution < 1.29 is 4.92 Å². The molecule has 5 heteroatoms. The summed E-state index contributed by atoms with van der Waals surface area (Å²) >= 11 is 0. The molecular formula is C14H17N3O2. The minimum atomic E-state index is -0.321. The Morgan fingerprint density at radius 1 is 1.37 bits per heavy atom. The van der Waals surface area contributed by atoms with E-state index in [1.54, 1.807) is 12.1 Å². The Bertz CT molecular complexity index is 627. The van der Waals surface area contributed by atoms with Gasteiger partial charge in [0, 0.05) is 36.3 Å². The predicted octanol–water partition coefficient (Wildman–Crippen LogP) is 2.55. The molecule has 0 radical (unpaired) electrons. The predicted molar refractivity (Wildman–Crippen MR) is 74.4 cm³/mol. The topological polar surface area (TPSA) is 60.1 Å². The van der Waals surface area contributed by atoms with Crippen LogP contribution in [0.2, 0.25) is 0 Å². The van der Waals surface area contributed by atoms with Gasteiger partial charge in [0.05, 0.1) is 4.92 Å². The molecule has 1 aromatic carbocycles. The van der Waals surface area contributed by atoms with Gasteiger partial charge in [0.25, 0.3) is 5.69 Å². The molecule has 100 valence electrons. The highest BCUT2D eigenvalue weighted by Gasteiger charge is 2.20. The minimum absolute atomic E-state index is 0.175. The lowest BCUT2D eigenvalue weighted by Crippen LogP contribution is -2.26. The van der Waals surface area contributed by atoms with Crippen molar-refractivity contribution in [2.75, 3.05) is 13.1 Å². The van der Waals surface area contributed by atoms with Crippen LogP contribution in [0.25, 0.3) is 10.9 Å². The van der Waals surface area contributed by atoms with Gasteiger partial charge in [0.2, 0.25) is 0 Å². The maximum Gasteiger partial charge on any atom is 0.270 e. The van der Waals surface area contributed by atoms with E-state index in [9.17, 15) is 10.1 Å². The fourth-order valence-corrected chi connectivity index (χ4v) is 2.98. The zero-order valence-electron chi connectivity index (χ0n) is 10.9. The van der Waals surface area contributed by atoms with Crippen molar-refractivity contribution in [3.63, 3.8) is 0 Å². The van der Waals surface area contributed by atoms with Crippen molar-refractivity contribution in [1.29, 1.82) is 0 Å². The monoisotopic (exact) mass is 259 g/mol. The summed E-state index contributed by atoms with van der Waals surface area (Å²) in [5.74, 6) is 0.506. The van der Waals surface area contributed by atoms with Crippen molar-refractivity contribution >= 4 is 16.6 Å². The first kappa shape index (κ1) is 12.2. The van der Waals surface area contributed by atoms with Gasteiger partial charge in [0.15, 0.2) is 0 Å². The fourth-order valence-electron chi connectivity index (χ4n) is 2.98. The smallest absolute Gasteiger partial charge is 0.270 e. The molecule has 0 bridgehead atoms. The van der Waals surface area contributed by atoms with Gasteiger partial charge < -0.3 is 9.88 Å². The SMILES string of the molecule is Cn1cc(C2CCNCC2)c2cc([N+](=O)[O-])ccc21. The second kappa shape index (κ2) is 4.66. The van der Waals surface area contributed by atoms with E-state index in [0.29, 0.717) is 5.92 Å². The summed E-state index contributed by atoms with van der Waals surface area (Å²) in [6.45, 7) is 2.05. The normalized spacial score (nSPS) is 16.9. The summed E-state index contributed by atoms with van der Waals surface area (Å²) in [5, 5.41) is 15.3. The van der Waals surface area contributed by atoms with Crippen LogP contribution >= 0.6 is 0 Å². The van der Waals surface area contributed by atoms with Gasteiger partial charge in [-0.3, -0.25) is 10.1 Å². The number of piperidine rings is 1. The summed E-state index contributed by atoms with van der Waals surface area (Å²) in [5.41, 5.74) is 2.50. The van der Waals surface area contributed by atoms with E-state index in [-0.39, 0.29) is 10.6 Å². The number of hydrogen-bond donors (Lipinski definition) is 1. The molecule has 1 aromatic heterocycles. The van der Waals surface area contributed by atoms with Gasteiger partial charge in [-0.15, -0.1) is 0 Å². The van der Waals surface area contributed by atoms with E-state index in [0.717, 1.165) is 36.8 Å². The summed E-state index contributed by atoms with van der Waals surface area (Å²) in [4.78, 5) is 10.6. The molecule has 1 aliphatic rings. The van der Waals surface area contributed by atoms with Crippen LogP contribution in [0.15, 0.2) is 24.4 Å². The number of benzene rings is 1. The number of nitrogens with one attached hydrogen (secondary N) is 1. The number of nitrogens with zero attached hydrogens (tertiary/aromatic N) is 2. The largest absolute Gasteiger partial charge is 0.350 e. The first-order valence-electron chi connectivity index (χ1n) is 6.61. The van der Waals surface area contributed by atoms with Gasteiger partial charge in [-0.25, -0.2) is 0 Å². The third-order valence-corrected chi connectivity index (χ3v) is 3.99. The lowest BCUT2D eigenvalue weighted by molar-refractivity contribution is -0.384. The Kier molecular flexibility index (Phi) is 2.98. The number of rotatable bonds is 2. The molecular weight excluding hydrogens is 242 g/mol. The summed E-state index contributed by atoms with van der Waals surface area (Å²) in [6, 6.07) is 5.14. The number of fused-ring (bicyclic) bond motifs is 1. The first-order valence-corrected chi connectivity index (χ1v) is 6.61. The highest BCUT2D eigenvalue weighted by molar-refractivity contribution is 5.86. The Morgan fingerprint density at radius 2 is 2.11 bits per heavy atom. The number of nitro benzene ring substituents is 1. The summed E-state index contributed by atoms with van der Waals surface area (Å²) < 4.78 is 2.07. The summed E-state index contributed by atoms with van der Waals surface area (Å²) in [7, 11) is 2.00. The quantitative estimate of drug-likeness (QED) is 0.666. The van der Waals surface area contributed by atoms with Crippen molar-refractivity contribution in [3.05, 3.63) is 40.1 Å². The second-order valence-electron chi connectivity index (χ2n) is 5.18. The molecule has 1 fully saturated rings. The van der Waals surface area contributed by atoms with E-state index < -0.39 is 0 Å². The molecule has 3 rings (SSSR count). The number of hydrogen-bond acceptors (Lipinski definition) is 3. The van der Waals surface area contributed by atoms with Crippen LogP contribution in [0.1, 0.15) is 24.3 Å². The van der Waals surface area contributed by atoms with E-state index in [1.165, 1.54) is 5.56 Å². The Labute approximate surface area is 111 Å². The van der Waals surface area contributed by atoms with Crippen LogP contribution in [-0.2, 0) is 7.05 Å². The van der Waals surface area contributed by atoms with Gasteiger partial charge in [-0.1, -0.05) is 0 Å². The van der Waals surface area contributed by atoms with Crippen LogP contribution in [0.4, 0.5) is 5.69 Å². The third kappa shape index (κ3) is 2.10. The van der Waals surface area contributed by atoms with Crippen LogP contribution in [0.5, 0.6) is 0 Å². The Morgan fingerprint density at radius 3 is 2.79 bits per heavy atom. The molecule has 2 heterocycles. The molecule has 0 amide bonds. The van der Waals surface area contributed by atoms with Crippen molar-refractivity contribution in [3.8, 4) is 0 Å². The van der Waals surface area contributed by atoms with E-state index in [1.807, 2.05) is 13.1 Å². The zero-order chi connectivity index (χ0) is 13.4. The van der Waals surface area contributed by atoms with Crippen molar-refractivity contribution in [2.24, 2.45) is 7.05 Å². The van der Waals surface area contributed by atoms with Crippen molar-refractivity contribution in [1.82, 2.24) is 9.88 Å². The maximum absolute atomic E-state index is 10.9. The van der Waals surface area contributed by atoms with E-state index >= 15 is 0 Å². The zero-order valence-corrected chi connectivity index (χ0v) is 10.9. The molecule has 1 saturated heterocycles. The van der Waals surface area contributed by atoms with Crippen LogP contribution in [0.3, 0.4) is 0 Å². The molecule has 0 saturated carbocycles. The van der Waals surface area contributed by atoms with Crippen molar-refractivity contribution in [2.45, 2.75) is 18.8 Å². The molecule has 0 atom stereocenters. The van der Waals surface area contributed by atoms with Gasteiger partial charge >= 0.3 is 0 Å². The lowest BCUT2D eigenvalue weighted by atomic mass is 9.90. The molecule has 1 aliphatic heterocycles. The van der Waals surface area contributed by atoms with Crippen LogP contribution in [0, 0.1) is 10.1 Å². The number of nitro groups is 1. The third-order valence-electron chi connectivity index (χ3n) is 3.99. The van der Waals surface area contributed by atoms with E-state index in [4.69, 9.17) is 0 Å². The Hall–Kier alpha value is -1.88. The minimum Gasteiger partial charge on any atom is -0.350 e. The lowest BCUT2D eigenvalue weighted by Gasteiger charge is -2.22. The molecule has 0 unspecified atom stereocenters. The van der Waals surface area contributed by atoms with Gasteiger partial charge in [-0.05, 0) is 43.5 Å². The highest BCUT2D eigenvalue weighted by Crippen LogP contribution is 2.34. The first-order chi connectivity index (χ1) is 9.16. The molecule has 2 aromatic rings. The maximum atomic E-state index is 10.9. The number of aryl methyl sites for hydroxylation is 1. The highest BCUT2D eigenvalue weighted by atomic mass is 16.6.